The maximum absolute atomic E-state index is 15.6. The second-order valence-corrected chi connectivity index (χ2v) is 24.6. The van der Waals surface area contributed by atoms with Crippen molar-refractivity contribution in [1.82, 2.24) is 9.13 Å². The van der Waals surface area contributed by atoms with Crippen molar-refractivity contribution in [2.45, 2.75) is 5.41 Å². The Labute approximate surface area is 541 Å². The fraction of sp³-hybridized carbons (Fsp3) is 0.0115. The van der Waals surface area contributed by atoms with Gasteiger partial charge in [0.05, 0.1) is 50.2 Å². The number of hydrogen-bond donors (Lipinski definition) is 0. The molecule has 0 atom stereocenters. The number of nitrogens with zero attached hydrogens (tertiary/aromatic N) is 5. The topological polar surface area (TPSA) is 19.6 Å². The average Bonchev–Trinajstić information content (AvgIpc) is 1.44. The van der Waals surface area contributed by atoms with Crippen molar-refractivity contribution in [3.8, 4) is 22.5 Å². The van der Waals surface area contributed by atoms with Crippen LogP contribution < -0.4 is 14.7 Å². The van der Waals surface area contributed by atoms with E-state index in [0.717, 1.165) is 161 Å². The number of para-hydroxylation sites is 7. The van der Waals surface area contributed by atoms with Gasteiger partial charge in [-0.3, -0.25) is 0 Å². The summed E-state index contributed by atoms with van der Waals surface area (Å²) in [4.78, 5) is 7.11. The molecule has 15 aromatic carbocycles. The minimum absolute atomic E-state index is 0.312. The van der Waals surface area contributed by atoms with Gasteiger partial charge in [0, 0.05) is 72.1 Å². The number of aromatic nitrogens is 2. The highest BCUT2D eigenvalue weighted by atomic mass is 19.1. The minimum Gasteiger partial charge on any atom is -0.310 e. The molecule has 19 rings (SSSR count). The van der Waals surface area contributed by atoms with E-state index in [4.69, 9.17) is 0 Å². The number of fused-ring (bicyclic) bond motifs is 19. The van der Waals surface area contributed by atoms with Crippen molar-refractivity contribution < 1.29 is 8.78 Å². The molecule has 0 N–H and O–H groups in total. The molecule has 0 bridgehead atoms. The van der Waals surface area contributed by atoms with Gasteiger partial charge in [0.2, 0.25) is 0 Å². The summed E-state index contributed by atoms with van der Waals surface area (Å²) >= 11 is 0. The molecule has 0 fully saturated rings. The monoisotopic (exact) mass is 1210 g/mol. The molecule has 442 valence electrons. The zero-order valence-corrected chi connectivity index (χ0v) is 50.7. The van der Waals surface area contributed by atoms with Gasteiger partial charge < -0.3 is 23.8 Å². The molecule has 17 aromatic rings. The van der Waals surface area contributed by atoms with Crippen LogP contribution in [0.1, 0.15) is 22.3 Å². The molecular weight excluding hydrogens is 1150 g/mol. The van der Waals surface area contributed by atoms with Crippen LogP contribution in [0.4, 0.5) is 60.0 Å². The van der Waals surface area contributed by atoms with Crippen molar-refractivity contribution in [3.63, 3.8) is 0 Å². The van der Waals surface area contributed by atoms with Crippen LogP contribution in [-0.2, 0) is 5.41 Å². The lowest BCUT2D eigenvalue weighted by Gasteiger charge is -2.45. The van der Waals surface area contributed by atoms with Gasteiger partial charge in [-0.2, -0.15) is 0 Å². The molecule has 0 amide bonds. The number of benzene rings is 15. The summed E-state index contributed by atoms with van der Waals surface area (Å²) in [5.41, 5.74) is 20.7. The molecule has 1 aliphatic heterocycles. The predicted molar refractivity (Wildman–Crippen MR) is 385 cm³/mol. The Kier molecular flexibility index (Phi) is 11.9. The summed E-state index contributed by atoms with van der Waals surface area (Å²) < 4.78 is 35.9. The van der Waals surface area contributed by atoms with Crippen molar-refractivity contribution >= 4 is 116 Å². The van der Waals surface area contributed by atoms with Gasteiger partial charge in [0.1, 0.15) is 11.6 Å². The van der Waals surface area contributed by atoms with Gasteiger partial charge in [0.15, 0.2) is 0 Å². The van der Waals surface area contributed by atoms with Gasteiger partial charge in [0.25, 0.3) is 0 Å². The molecule has 94 heavy (non-hydrogen) atoms. The molecule has 2 aromatic heterocycles. The number of halogens is 2. The first-order valence-electron chi connectivity index (χ1n) is 32.0. The van der Waals surface area contributed by atoms with Crippen LogP contribution in [0.2, 0.25) is 0 Å². The number of hydrogen-bond acceptors (Lipinski definition) is 3. The van der Waals surface area contributed by atoms with Gasteiger partial charge in [-0.1, -0.05) is 182 Å². The Hall–Kier alpha value is -12.3. The van der Waals surface area contributed by atoms with Crippen LogP contribution in [0.25, 0.3) is 87.7 Å². The Bertz CT molecular complexity index is 5850. The van der Waals surface area contributed by atoms with Crippen LogP contribution in [-0.4, -0.2) is 9.13 Å². The van der Waals surface area contributed by atoms with Crippen molar-refractivity contribution in [1.29, 1.82) is 0 Å². The Morgan fingerprint density at radius 1 is 0.245 bits per heavy atom. The summed E-state index contributed by atoms with van der Waals surface area (Å²) in [6.45, 7) is 0. The van der Waals surface area contributed by atoms with E-state index in [1.807, 2.05) is 24.3 Å². The Morgan fingerprint density at radius 2 is 0.606 bits per heavy atom. The first-order chi connectivity index (χ1) is 46.5. The van der Waals surface area contributed by atoms with E-state index in [0.29, 0.717) is 0 Å². The fourth-order valence-electron chi connectivity index (χ4n) is 16.0. The lowest BCUT2D eigenvalue weighted by molar-refractivity contribution is 0.627. The molecule has 5 nitrogen and oxygen atoms in total. The van der Waals surface area contributed by atoms with E-state index in [-0.39, 0.29) is 11.6 Å². The molecule has 1 spiro atoms. The number of anilines is 9. The first-order valence-corrected chi connectivity index (χ1v) is 32.0. The molecular formula is C87H55F2N5. The van der Waals surface area contributed by atoms with Crippen LogP contribution in [0.5, 0.6) is 0 Å². The quantitative estimate of drug-likeness (QED) is 0.144. The molecule has 2 aliphatic rings. The smallest absolute Gasteiger partial charge is 0.123 e. The van der Waals surface area contributed by atoms with Gasteiger partial charge in [-0.15, -0.1) is 0 Å². The third-order valence-corrected chi connectivity index (χ3v) is 19.7. The van der Waals surface area contributed by atoms with Crippen molar-refractivity contribution in [2.75, 3.05) is 14.7 Å². The summed E-state index contributed by atoms with van der Waals surface area (Å²) in [7, 11) is 0. The molecule has 7 heteroatoms. The van der Waals surface area contributed by atoms with Crippen LogP contribution >= 0.6 is 0 Å². The zero-order chi connectivity index (χ0) is 62.2. The van der Waals surface area contributed by atoms with E-state index in [2.05, 4.69) is 309 Å². The van der Waals surface area contributed by atoms with Crippen LogP contribution in [0.15, 0.2) is 334 Å². The zero-order valence-electron chi connectivity index (χ0n) is 50.7. The Balaban J connectivity index is 0.941. The highest BCUT2D eigenvalue weighted by molar-refractivity contribution is 6.20. The average molecular weight is 1210 g/mol. The maximum Gasteiger partial charge on any atom is 0.123 e. The lowest BCUT2D eigenvalue weighted by atomic mass is 9.64. The second-order valence-electron chi connectivity index (χ2n) is 24.6. The first kappa shape index (κ1) is 53.5. The molecule has 0 saturated carbocycles. The standard InChI is InChI=1S/C87H55F2N5/c88-56-40-44-61(45-41-56)90(63-49-51-79-72(52-63)68-31-15-19-37-78(68)92(79)58-22-4-1-5-23-58)83-54-75-85(70-32-12-10-29-66(70)83)86-71-33-13-11-30-67(71)84(55-76(86)87(75)73-34-16-20-38-80(73)94(60-26-8-3-9-27-60)81-39-21-17-35-74(81)87)91(62-46-42-57(89)43-47-62)64-48-50-69-65-28-14-18-36-77(65)93(82(69)53-64)59-24-6-2-7-25-59/h1-55H. The normalized spacial score (nSPS) is 12.9. The predicted octanol–water partition coefficient (Wildman–Crippen LogP) is 23.6. The summed E-state index contributed by atoms with van der Waals surface area (Å²) in [5.74, 6) is -0.626. The molecule has 1 aliphatic carbocycles. The fourth-order valence-corrected chi connectivity index (χ4v) is 16.0. The van der Waals surface area contributed by atoms with Gasteiger partial charge >= 0.3 is 0 Å². The van der Waals surface area contributed by atoms with Crippen molar-refractivity contribution in [3.05, 3.63) is 368 Å². The molecule has 0 radical (unpaired) electrons. The van der Waals surface area contributed by atoms with E-state index in [9.17, 15) is 0 Å². The van der Waals surface area contributed by atoms with E-state index in [1.165, 1.54) is 0 Å². The minimum atomic E-state index is -1.000. The van der Waals surface area contributed by atoms with Gasteiger partial charge in [-0.25, -0.2) is 8.78 Å². The third kappa shape index (κ3) is 7.79. The second kappa shape index (κ2) is 20.9. The van der Waals surface area contributed by atoms with Gasteiger partial charge in [-0.05, 0) is 196 Å². The highest BCUT2D eigenvalue weighted by Gasteiger charge is 2.53. The summed E-state index contributed by atoms with van der Waals surface area (Å²) in [5, 5.41) is 8.74. The molecule has 0 saturated heterocycles. The van der Waals surface area contributed by atoms with Crippen LogP contribution in [0, 0.1) is 11.6 Å². The molecule has 3 heterocycles. The number of rotatable bonds is 9. The van der Waals surface area contributed by atoms with E-state index in [1.54, 1.807) is 24.3 Å². The van der Waals surface area contributed by atoms with Crippen LogP contribution in [0.3, 0.4) is 0 Å². The highest BCUT2D eigenvalue weighted by Crippen LogP contribution is 2.67. The lowest BCUT2D eigenvalue weighted by Crippen LogP contribution is -2.36. The van der Waals surface area contributed by atoms with E-state index >= 15 is 8.78 Å². The summed E-state index contributed by atoms with van der Waals surface area (Å²) in [6.07, 6.45) is 0. The maximum atomic E-state index is 15.6. The van der Waals surface area contributed by atoms with E-state index < -0.39 is 5.41 Å². The summed E-state index contributed by atoms with van der Waals surface area (Å²) in [6, 6.07) is 117. The SMILES string of the molecule is Fc1ccc(N(c2ccc3c(c2)c2ccccc2n3-c2ccccc2)c2cc3c(c4ccccc24)-c2c(cc(N(c4ccc(F)cc4)c4ccc5c6ccccc6n(-c6ccccc6)c5c4)c4ccccc24)C32c3ccccc3N(c3ccccc3)c3ccccc32)cc1. The Morgan fingerprint density at radius 3 is 1.12 bits per heavy atom. The van der Waals surface area contributed by atoms with Crippen molar-refractivity contribution in [2.24, 2.45) is 0 Å². The third-order valence-electron chi connectivity index (χ3n) is 19.7. The molecule has 0 unspecified atom stereocenters. The largest absolute Gasteiger partial charge is 0.310 e.